The van der Waals surface area contributed by atoms with Gasteiger partial charge in [0, 0.05) is 55.7 Å². The fourth-order valence-corrected chi connectivity index (χ4v) is 16.8. The predicted molar refractivity (Wildman–Crippen MR) is 373 cm³/mol. The molecule has 0 amide bonds. The van der Waals surface area contributed by atoms with Crippen molar-refractivity contribution in [1.82, 2.24) is 4.40 Å². The molecule has 0 spiro atoms. The van der Waals surface area contributed by atoms with Crippen molar-refractivity contribution < 1.29 is 0 Å². The molecule has 4 saturated carbocycles. The molecule has 0 radical (unpaired) electrons. The molecule has 2 heterocycles. The maximum Gasteiger partial charge on any atom is 0.0620 e. The Morgan fingerprint density at radius 2 is 0.609 bits per heavy atom. The lowest BCUT2D eigenvalue weighted by atomic mass is 9.84. The zero-order chi connectivity index (χ0) is 58.2. The van der Waals surface area contributed by atoms with Gasteiger partial charge in [0.05, 0.1) is 16.6 Å². The lowest BCUT2D eigenvalue weighted by molar-refractivity contribution is 0.443. The maximum absolute atomic E-state index is 2.62. The topological polar surface area (TPSA) is 10.9 Å². The molecule has 3 heteroatoms. The highest BCUT2D eigenvalue weighted by molar-refractivity contribution is 6.27. The first-order valence-electron chi connectivity index (χ1n) is 34.0. The van der Waals surface area contributed by atoms with E-state index < -0.39 is 0 Å². The van der Waals surface area contributed by atoms with Gasteiger partial charge in [-0.15, -0.1) is 0 Å². The molecule has 0 N–H and O–H groups in total. The average Bonchev–Trinajstić information content (AvgIpc) is 1.65. The normalized spacial score (nSPS) is 17.2. The summed E-state index contributed by atoms with van der Waals surface area (Å²) in [7, 11) is 0. The molecule has 4 fully saturated rings. The van der Waals surface area contributed by atoms with Crippen LogP contribution in [0.4, 0.5) is 34.1 Å². The summed E-state index contributed by atoms with van der Waals surface area (Å²) in [4.78, 5) is 5.03. The van der Waals surface area contributed by atoms with E-state index in [1.165, 1.54) is 261 Å². The summed E-state index contributed by atoms with van der Waals surface area (Å²) in [5, 5.41) is 10.2. The van der Waals surface area contributed by atoms with Crippen LogP contribution in [0.5, 0.6) is 0 Å². The zero-order valence-electron chi connectivity index (χ0n) is 51.8. The van der Waals surface area contributed by atoms with Crippen molar-refractivity contribution in [2.75, 3.05) is 9.80 Å². The van der Waals surface area contributed by atoms with Gasteiger partial charge in [0.25, 0.3) is 0 Å². The van der Waals surface area contributed by atoms with Gasteiger partial charge in [-0.2, -0.15) is 0 Å². The number of rotatable bonds is 11. The van der Waals surface area contributed by atoms with Crippen LogP contribution in [0, 0.1) is 0 Å². The summed E-state index contributed by atoms with van der Waals surface area (Å²) in [6.45, 7) is 6.93. The van der Waals surface area contributed by atoms with Crippen LogP contribution in [-0.2, 0) is 5.41 Å². The van der Waals surface area contributed by atoms with Gasteiger partial charge in [0.2, 0.25) is 0 Å². The fourth-order valence-electron chi connectivity index (χ4n) is 16.8. The number of aromatic nitrogens is 1. The summed E-state index contributed by atoms with van der Waals surface area (Å²) in [5.41, 5.74) is 21.0. The molecule has 4 aliphatic rings. The van der Waals surface area contributed by atoms with Crippen LogP contribution in [0.2, 0.25) is 0 Å². The van der Waals surface area contributed by atoms with Gasteiger partial charge in [0.1, 0.15) is 0 Å². The van der Waals surface area contributed by atoms with E-state index >= 15 is 0 Å². The van der Waals surface area contributed by atoms with Crippen LogP contribution in [0.25, 0.3) is 70.8 Å². The molecule has 10 aromatic carbocycles. The second-order valence-electron chi connectivity index (χ2n) is 28.3. The van der Waals surface area contributed by atoms with Gasteiger partial charge < -0.3 is 14.2 Å². The van der Waals surface area contributed by atoms with Crippen LogP contribution < -0.4 is 9.80 Å². The molecule has 4 aliphatic carbocycles. The maximum atomic E-state index is 2.62. The Morgan fingerprint density at radius 3 is 0.931 bits per heavy atom. The lowest BCUT2D eigenvalue weighted by Crippen LogP contribution is -2.11. The van der Waals surface area contributed by atoms with Gasteiger partial charge in [0.15, 0.2) is 0 Å². The van der Waals surface area contributed by atoms with E-state index in [1.54, 1.807) is 0 Å². The number of hydrogen-bond donors (Lipinski definition) is 0. The third-order valence-corrected chi connectivity index (χ3v) is 21.8. The Labute approximate surface area is 516 Å². The highest BCUT2D eigenvalue weighted by Gasteiger charge is 2.26. The highest BCUT2D eigenvalue weighted by Crippen LogP contribution is 2.48. The monoisotopic (exact) mass is 1140 g/mol. The van der Waals surface area contributed by atoms with Crippen molar-refractivity contribution in [3.63, 3.8) is 0 Å². The summed E-state index contributed by atoms with van der Waals surface area (Å²) in [6.07, 6.45) is 26.7. The van der Waals surface area contributed by atoms with Crippen molar-refractivity contribution in [1.29, 1.82) is 0 Å². The lowest BCUT2D eigenvalue weighted by Gasteiger charge is -2.28. The third-order valence-electron chi connectivity index (χ3n) is 21.8. The van der Waals surface area contributed by atoms with E-state index in [9.17, 15) is 0 Å². The molecule has 0 unspecified atom stereocenters. The average molecular weight is 1140 g/mol. The van der Waals surface area contributed by atoms with Crippen molar-refractivity contribution in [2.24, 2.45) is 0 Å². The van der Waals surface area contributed by atoms with Gasteiger partial charge in [-0.3, -0.25) is 0 Å². The molecular formula is C84H85N3. The van der Waals surface area contributed by atoms with Crippen molar-refractivity contribution in [3.05, 3.63) is 222 Å². The fraction of sp³-hybridized carbons (Fsp3) is 0.333. The van der Waals surface area contributed by atoms with Gasteiger partial charge in [-0.25, -0.2) is 0 Å². The van der Waals surface area contributed by atoms with Gasteiger partial charge in [-0.05, 0) is 250 Å². The number of fused-ring (bicyclic) bond motifs is 8. The SMILES string of the molecule is CC(C)(C)c1ccc(-c2cc3c4cc5ccc(N(c6ccc(C7CCCCC7)cc6)c6ccc(C7CCCCC7)cc6)cc5cc4n4c5cc6cc(N(c7ccc(C8CCCCC8)cc7)c7ccc(C8CCCCC8)cc7)ccc6cc5c(c2)c34)cc1. The second kappa shape index (κ2) is 22.7. The predicted octanol–water partition coefficient (Wildman–Crippen LogP) is 25.2. The van der Waals surface area contributed by atoms with E-state index in [-0.39, 0.29) is 5.41 Å². The van der Waals surface area contributed by atoms with Crippen molar-refractivity contribution >= 4 is 93.8 Å². The van der Waals surface area contributed by atoms with Crippen LogP contribution in [-0.4, -0.2) is 4.40 Å². The smallest absolute Gasteiger partial charge is 0.0620 e. The van der Waals surface area contributed by atoms with Crippen molar-refractivity contribution in [2.45, 2.75) is 178 Å². The molecule has 87 heavy (non-hydrogen) atoms. The Balaban J connectivity index is 0.856. The molecule has 0 bridgehead atoms. The minimum Gasteiger partial charge on any atom is -0.310 e. The summed E-state index contributed by atoms with van der Waals surface area (Å²) < 4.78 is 2.62. The first-order chi connectivity index (χ1) is 42.7. The van der Waals surface area contributed by atoms with E-state index in [2.05, 4.69) is 229 Å². The summed E-state index contributed by atoms with van der Waals surface area (Å²) >= 11 is 0. The summed E-state index contributed by atoms with van der Waals surface area (Å²) in [5.74, 6) is 2.67. The Kier molecular flexibility index (Phi) is 14.2. The molecule has 12 aromatic rings. The Bertz CT molecular complexity index is 4040. The van der Waals surface area contributed by atoms with E-state index in [1.807, 2.05) is 0 Å². The largest absolute Gasteiger partial charge is 0.310 e. The van der Waals surface area contributed by atoms with Crippen molar-refractivity contribution in [3.8, 4) is 11.1 Å². The molecule has 0 aliphatic heterocycles. The number of benzene rings is 10. The minimum atomic E-state index is 0.0788. The first kappa shape index (κ1) is 54.5. The number of hydrogen-bond acceptors (Lipinski definition) is 2. The zero-order valence-corrected chi connectivity index (χ0v) is 51.8. The van der Waals surface area contributed by atoms with Crippen LogP contribution in [0.15, 0.2) is 194 Å². The van der Waals surface area contributed by atoms with Crippen LogP contribution in [0.1, 0.15) is 201 Å². The Morgan fingerprint density at radius 1 is 0.287 bits per heavy atom. The molecular weight excluding hydrogens is 1050 g/mol. The molecule has 0 saturated heterocycles. The minimum absolute atomic E-state index is 0.0788. The number of anilines is 6. The molecule has 16 rings (SSSR count). The van der Waals surface area contributed by atoms with Crippen LogP contribution >= 0.6 is 0 Å². The standard InChI is InChI=1S/C84H85N3/c1-84(2,3)70-36-24-64(25-37-70)69-52-79-77-50-65-34-46-75(85(71-38-26-60(27-39-71)56-16-8-4-9-17-56)72-40-28-61(29-41-72)57-18-10-5-11-19-57)48-67(65)54-81(77)87-82-55-68-49-76(47-35-66(68)51-78(82)80(53-69)83(79)87)86(73-42-30-62(31-43-73)58-20-12-6-13-21-58)74-44-32-63(33-45-74)59-22-14-7-15-23-59/h24-59H,4-23H2,1-3H3. The molecule has 3 nitrogen and oxygen atoms in total. The molecule has 0 atom stereocenters. The van der Waals surface area contributed by atoms with E-state index in [4.69, 9.17) is 0 Å². The molecule has 2 aromatic heterocycles. The van der Waals surface area contributed by atoms with E-state index in [0.29, 0.717) is 23.7 Å². The van der Waals surface area contributed by atoms with Crippen LogP contribution in [0.3, 0.4) is 0 Å². The Hall–Kier alpha value is -7.88. The van der Waals surface area contributed by atoms with Gasteiger partial charge in [-0.1, -0.05) is 183 Å². The second-order valence-corrected chi connectivity index (χ2v) is 28.3. The van der Waals surface area contributed by atoms with Gasteiger partial charge >= 0.3 is 0 Å². The first-order valence-corrected chi connectivity index (χ1v) is 34.0. The quantitative estimate of drug-likeness (QED) is 0.128. The summed E-state index contributed by atoms with van der Waals surface area (Å²) in [6, 6.07) is 77.5. The third kappa shape index (κ3) is 10.3. The molecule has 436 valence electrons. The van der Waals surface area contributed by atoms with E-state index in [0.717, 1.165) is 0 Å². The highest BCUT2D eigenvalue weighted by atomic mass is 15.1. The number of nitrogens with zero attached hydrogens (tertiary/aromatic N) is 3.